The Morgan fingerprint density at radius 1 is 0.953 bits per heavy atom. The summed E-state index contributed by atoms with van der Waals surface area (Å²) in [5.74, 6) is 0.238. The molecule has 0 radical (unpaired) electrons. The van der Waals surface area contributed by atoms with Gasteiger partial charge in [-0.3, -0.25) is 10.2 Å². The minimum absolute atomic E-state index is 0.0553. The van der Waals surface area contributed by atoms with Crippen molar-refractivity contribution in [1.29, 1.82) is 0 Å². The zero-order valence-electron chi connectivity index (χ0n) is 23.1. The summed E-state index contributed by atoms with van der Waals surface area (Å²) in [4.78, 5) is 19.2. The number of carbonyl (C=O) groups is 1. The van der Waals surface area contributed by atoms with Crippen LogP contribution in [0.5, 0.6) is 5.75 Å². The van der Waals surface area contributed by atoms with Crippen LogP contribution < -0.4 is 15.6 Å². The fourth-order valence-corrected chi connectivity index (χ4v) is 5.34. The Labute approximate surface area is 266 Å². The number of carbonyl (C=O) groups excluding carboxylic acids is 1. The maximum atomic E-state index is 14.2. The van der Waals surface area contributed by atoms with E-state index in [1.54, 1.807) is 12.1 Å². The molecule has 10 heteroatoms. The first-order valence-corrected chi connectivity index (χ1v) is 15.3. The number of ether oxygens (including phenoxy) is 2. The number of halogens is 3. The van der Waals surface area contributed by atoms with Gasteiger partial charge < -0.3 is 14.6 Å². The quantitative estimate of drug-likeness (QED) is 0.116. The Bertz CT molecular complexity index is 1570. The van der Waals surface area contributed by atoms with Crippen LogP contribution in [0.15, 0.2) is 111 Å². The summed E-state index contributed by atoms with van der Waals surface area (Å²) in [6, 6.07) is 28.8. The van der Waals surface area contributed by atoms with Crippen molar-refractivity contribution < 1.29 is 23.8 Å². The molecule has 4 aromatic rings. The SMILES string of the molecule is O=C(NNCc1cccc(F)c1)[C@@]1(Cc2ccc(Br)cc2)N=C(c2ccc(OCCCO)cc2)O[C@H]1c1ccc(Br)cc1. The summed E-state index contributed by atoms with van der Waals surface area (Å²) in [6.07, 6.45) is 0.0315. The summed E-state index contributed by atoms with van der Waals surface area (Å²) in [5, 5.41) is 9.03. The van der Waals surface area contributed by atoms with Gasteiger partial charge in [-0.15, -0.1) is 0 Å². The van der Waals surface area contributed by atoms with Gasteiger partial charge in [-0.05, 0) is 77.4 Å². The molecule has 1 amide bonds. The summed E-state index contributed by atoms with van der Waals surface area (Å²) in [5.41, 5.74) is 7.44. The highest BCUT2D eigenvalue weighted by Crippen LogP contribution is 2.43. The van der Waals surface area contributed by atoms with Gasteiger partial charge in [0.1, 0.15) is 11.6 Å². The molecule has 222 valence electrons. The van der Waals surface area contributed by atoms with Crippen LogP contribution in [0.25, 0.3) is 0 Å². The van der Waals surface area contributed by atoms with Crippen LogP contribution in [0.4, 0.5) is 4.39 Å². The Hall–Kier alpha value is -3.57. The number of hydrogen-bond acceptors (Lipinski definition) is 6. The number of amides is 1. The van der Waals surface area contributed by atoms with Crippen LogP contribution in [0.2, 0.25) is 0 Å². The predicted octanol–water partition coefficient (Wildman–Crippen LogP) is 6.43. The Morgan fingerprint density at radius 2 is 1.65 bits per heavy atom. The minimum atomic E-state index is -1.39. The van der Waals surface area contributed by atoms with E-state index in [4.69, 9.17) is 19.6 Å². The van der Waals surface area contributed by atoms with Gasteiger partial charge in [-0.25, -0.2) is 14.8 Å². The zero-order valence-corrected chi connectivity index (χ0v) is 26.3. The van der Waals surface area contributed by atoms with Crippen molar-refractivity contribution in [2.75, 3.05) is 13.2 Å². The highest BCUT2D eigenvalue weighted by molar-refractivity contribution is 9.10. The number of aliphatic hydroxyl groups is 1. The third-order valence-electron chi connectivity index (χ3n) is 6.97. The largest absolute Gasteiger partial charge is 0.494 e. The highest BCUT2D eigenvalue weighted by Gasteiger charge is 2.53. The standard InChI is InChI=1S/C33H30Br2FN3O4/c34-26-11-5-22(6-12-26)20-33(32(41)39-37-21-23-3-1-4-28(36)19-23)30(24-7-13-27(35)14-8-24)43-31(38-33)25-9-15-29(16-10-25)42-18-2-17-40/h1,3-16,19,30,37,40H,2,17-18,20-21H2,(H,39,41)/t30-,33-/m0/s1. The topological polar surface area (TPSA) is 92.2 Å². The van der Waals surface area contributed by atoms with Crippen molar-refractivity contribution in [2.24, 2.45) is 4.99 Å². The predicted molar refractivity (Wildman–Crippen MR) is 170 cm³/mol. The van der Waals surface area contributed by atoms with Gasteiger partial charge in [-0.1, -0.05) is 68.3 Å². The molecule has 1 aliphatic rings. The maximum Gasteiger partial charge on any atom is 0.266 e. The van der Waals surface area contributed by atoms with E-state index >= 15 is 0 Å². The number of hydrazine groups is 1. The van der Waals surface area contributed by atoms with Crippen LogP contribution in [-0.4, -0.2) is 35.7 Å². The second-order valence-electron chi connectivity index (χ2n) is 10.1. The Balaban J connectivity index is 1.51. The summed E-state index contributed by atoms with van der Waals surface area (Å²) >= 11 is 6.98. The van der Waals surface area contributed by atoms with E-state index < -0.39 is 17.6 Å². The second-order valence-corrected chi connectivity index (χ2v) is 11.9. The third-order valence-corrected chi connectivity index (χ3v) is 8.03. The van der Waals surface area contributed by atoms with E-state index in [-0.39, 0.29) is 25.4 Å². The summed E-state index contributed by atoms with van der Waals surface area (Å²) < 4.78 is 27.8. The number of nitrogens with zero attached hydrogens (tertiary/aromatic N) is 1. The minimum Gasteiger partial charge on any atom is -0.494 e. The van der Waals surface area contributed by atoms with Gasteiger partial charge in [0.15, 0.2) is 11.6 Å². The van der Waals surface area contributed by atoms with Crippen molar-refractivity contribution >= 4 is 43.7 Å². The van der Waals surface area contributed by atoms with Crippen LogP contribution in [-0.2, 0) is 22.5 Å². The molecule has 0 saturated carbocycles. The fraction of sp³-hybridized carbons (Fsp3) is 0.212. The molecule has 43 heavy (non-hydrogen) atoms. The van der Waals surface area contributed by atoms with Gasteiger partial charge in [0.2, 0.25) is 5.90 Å². The smallest absolute Gasteiger partial charge is 0.266 e. The maximum absolute atomic E-state index is 14.2. The molecule has 0 fully saturated rings. The average molecular weight is 711 g/mol. The van der Waals surface area contributed by atoms with Crippen molar-refractivity contribution in [2.45, 2.75) is 31.0 Å². The number of rotatable bonds is 12. The van der Waals surface area contributed by atoms with E-state index in [0.717, 1.165) is 20.1 Å². The lowest BCUT2D eigenvalue weighted by Crippen LogP contribution is -2.53. The Kier molecular flexibility index (Phi) is 10.2. The number of aliphatic hydroxyl groups excluding tert-OH is 1. The van der Waals surface area contributed by atoms with Gasteiger partial charge in [0.25, 0.3) is 5.91 Å². The van der Waals surface area contributed by atoms with Gasteiger partial charge >= 0.3 is 0 Å². The Morgan fingerprint density at radius 3 is 2.33 bits per heavy atom. The van der Waals surface area contributed by atoms with Crippen molar-refractivity contribution in [3.63, 3.8) is 0 Å². The van der Waals surface area contributed by atoms with Crippen LogP contribution in [0.1, 0.15) is 34.8 Å². The molecule has 3 N–H and O–H groups in total. The average Bonchev–Trinajstić information content (AvgIpc) is 3.39. The summed E-state index contributed by atoms with van der Waals surface area (Å²) in [6.45, 7) is 0.674. The van der Waals surface area contributed by atoms with E-state index in [0.29, 0.717) is 35.8 Å². The van der Waals surface area contributed by atoms with E-state index in [9.17, 15) is 9.18 Å². The molecule has 1 heterocycles. The molecule has 0 bridgehead atoms. The lowest BCUT2D eigenvalue weighted by Gasteiger charge is -2.31. The first-order valence-electron chi connectivity index (χ1n) is 13.7. The number of aliphatic imine (C=N–C) groups is 1. The molecule has 7 nitrogen and oxygen atoms in total. The molecule has 0 spiro atoms. The van der Waals surface area contributed by atoms with Crippen LogP contribution >= 0.6 is 31.9 Å². The number of nitrogens with one attached hydrogen (secondary N) is 2. The van der Waals surface area contributed by atoms with Crippen molar-refractivity contribution in [3.05, 3.63) is 134 Å². The molecule has 2 atom stereocenters. The molecule has 0 aromatic heterocycles. The molecule has 5 rings (SSSR count). The molecular weight excluding hydrogens is 681 g/mol. The molecular formula is C33H30Br2FN3O4. The van der Waals surface area contributed by atoms with E-state index in [1.165, 1.54) is 12.1 Å². The first-order chi connectivity index (χ1) is 20.9. The molecule has 0 unspecified atom stereocenters. The van der Waals surface area contributed by atoms with Crippen LogP contribution in [0.3, 0.4) is 0 Å². The van der Waals surface area contributed by atoms with E-state index in [1.807, 2.05) is 72.8 Å². The lowest BCUT2D eigenvalue weighted by atomic mass is 9.82. The third kappa shape index (κ3) is 7.69. The summed E-state index contributed by atoms with van der Waals surface area (Å²) in [7, 11) is 0. The van der Waals surface area contributed by atoms with Crippen molar-refractivity contribution in [3.8, 4) is 5.75 Å². The van der Waals surface area contributed by atoms with Crippen molar-refractivity contribution in [1.82, 2.24) is 10.9 Å². The van der Waals surface area contributed by atoms with Gasteiger partial charge in [-0.2, -0.15) is 0 Å². The molecule has 4 aromatic carbocycles. The van der Waals surface area contributed by atoms with E-state index in [2.05, 4.69) is 42.7 Å². The molecule has 0 saturated heterocycles. The lowest BCUT2D eigenvalue weighted by molar-refractivity contribution is -0.130. The number of benzene rings is 4. The zero-order chi connectivity index (χ0) is 30.2. The van der Waals surface area contributed by atoms with Gasteiger partial charge in [0, 0.05) is 40.5 Å². The second kappa shape index (κ2) is 14.3. The van der Waals surface area contributed by atoms with Crippen LogP contribution in [0, 0.1) is 5.82 Å². The fourth-order valence-electron chi connectivity index (χ4n) is 4.82. The monoisotopic (exact) mass is 709 g/mol. The molecule has 1 aliphatic heterocycles. The normalized spacial score (nSPS) is 17.7. The van der Waals surface area contributed by atoms with Gasteiger partial charge in [0.05, 0.1) is 6.61 Å². The highest BCUT2D eigenvalue weighted by atomic mass is 79.9. The number of hydrogen-bond donors (Lipinski definition) is 3. The first kappa shape index (κ1) is 30.9. The molecule has 0 aliphatic carbocycles.